The van der Waals surface area contributed by atoms with Gasteiger partial charge in [0.2, 0.25) is 0 Å². The molecule has 0 bridgehead atoms. The zero-order chi connectivity index (χ0) is 13.3. The van der Waals surface area contributed by atoms with Gasteiger partial charge in [-0.15, -0.1) is 0 Å². The molecule has 3 heteroatoms. The minimum atomic E-state index is 0.778. The van der Waals surface area contributed by atoms with Gasteiger partial charge in [0.15, 0.2) is 11.5 Å². The Hall–Kier alpha value is -1.22. The van der Waals surface area contributed by atoms with Gasteiger partial charge < -0.3 is 14.4 Å². The van der Waals surface area contributed by atoms with Gasteiger partial charge in [0.1, 0.15) is 0 Å². The minimum absolute atomic E-state index is 0.778. The molecule has 1 heterocycles. The van der Waals surface area contributed by atoms with Gasteiger partial charge in [0.05, 0.1) is 13.7 Å². The molecule has 1 fully saturated rings. The van der Waals surface area contributed by atoms with Crippen molar-refractivity contribution in [3.8, 4) is 11.5 Å². The molecule has 1 aromatic rings. The molecule has 0 saturated carbocycles. The van der Waals surface area contributed by atoms with E-state index in [2.05, 4.69) is 4.90 Å². The van der Waals surface area contributed by atoms with Crippen molar-refractivity contribution < 1.29 is 9.47 Å². The lowest BCUT2D eigenvalue weighted by atomic mass is 10.2. The van der Waals surface area contributed by atoms with Crippen molar-refractivity contribution in [1.29, 1.82) is 0 Å². The number of ether oxygens (including phenoxy) is 2. The fraction of sp³-hybridized carbons (Fsp3) is 0.625. The molecule has 0 spiro atoms. The van der Waals surface area contributed by atoms with Gasteiger partial charge in [-0.05, 0) is 63.9 Å². The fourth-order valence-electron chi connectivity index (χ4n) is 2.54. The van der Waals surface area contributed by atoms with Crippen LogP contribution in [0, 0.1) is 0 Å². The Morgan fingerprint density at radius 1 is 1.00 bits per heavy atom. The summed E-state index contributed by atoms with van der Waals surface area (Å²) in [7, 11) is 1.68. The normalized spacial score (nSPS) is 15.6. The number of rotatable bonds is 8. The van der Waals surface area contributed by atoms with Crippen LogP contribution in [0.15, 0.2) is 24.3 Å². The lowest BCUT2D eigenvalue weighted by Gasteiger charge is -2.14. The highest BCUT2D eigenvalue weighted by Gasteiger charge is 2.10. The van der Waals surface area contributed by atoms with Crippen molar-refractivity contribution in [2.24, 2.45) is 0 Å². The third-order valence-corrected chi connectivity index (χ3v) is 3.64. The van der Waals surface area contributed by atoms with Crippen LogP contribution in [0.25, 0.3) is 0 Å². The summed E-state index contributed by atoms with van der Waals surface area (Å²) in [5, 5.41) is 0. The van der Waals surface area contributed by atoms with Gasteiger partial charge in [0, 0.05) is 0 Å². The highest BCUT2D eigenvalue weighted by atomic mass is 16.5. The highest BCUT2D eigenvalue weighted by molar-refractivity contribution is 5.39. The standard InChI is InChI=1S/C16H25NO2/c1-18-15-9-3-4-10-16(15)19-14-8-2-5-11-17-12-6-7-13-17/h3-4,9-10H,2,5-8,11-14H2,1H3. The van der Waals surface area contributed by atoms with Gasteiger partial charge in [-0.2, -0.15) is 0 Å². The molecule has 2 rings (SSSR count). The molecule has 0 aliphatic carbocycles. The molecule has 1 saturated heterocycles. The van der Waals surface area contributed by atoms with Crippen molar-refractivity contribution in [2.45, 2.75) is 32.1 Å². The largest absolute Gasteiger partial charge is 0.493 e. The molecule has 1 aromatic carbocycles. The van der Waals surface area contributed by atoms with Gasteiger partial charge in [-0.1, -0.05) is 12.1 Å². The molecule has 0 amide bonds. The smallest absolute Gasteiger partial charge is 0.161 e. The summed E-state index contributed by atoms with van der Waals surface area (Å²) in [6, 6.07) is 7.83. The third kappa shape index (κ3) is 4.75. The van der Waals surface area contributed by atoms with Gasteiger partial charge in [0.25, 0.3) is 0 Å². The van der Waals surface area contributed by atoms with Crippen LogP contribution in [0.2, 0.25) is 0 Å². The van der Waals surface area contributed by atoms with E-state index in [9.17, 15) is 0 Å². The second kappa shape index (κ2) is 8.05. The summed E-state index contributed by atoms with van der Waals surface area (Å²) in [5.74, 6) is 1.67. The molecule has 1 aliphatic rings. The first kappa shape index (κ1) is 14.2. The molecule has 1 aliphatic heterocycles. The van der Waals surface area contributed by atoms with E-state index in [-0.39, 0.29) is 0 Å². The van der Waals surface area contributed by atoms with E-state index in [0.29, 0.717) is 0 Å². The van der Waals surface area contributed by atoms with Crippen LogP contribution < -0.4 is 9.47 Å². The van der Waals surface area contributed by atoms with Crippen molar-refractivity contribution in [2.75, 3.05) is 33.4 Å². The maximum atomic E-state index is 5.76. The predicted molar refractivity (Wildman–Crippen MR) is 78.0 cm³/mol. The summed E-state index contributed by atoms with van der Waals surface area (Å²) in [6.07, 6.45) is 6.42. The topological polar surface area (TPSA) is 21.7 Å². The summed E-state index contributed by atoms with van der Waals surface area (Å²) < 4.78 is 11.0. The van der Waals surface area contributed by atoms with Crippen molar-refractivity contribution in [3.05, 3.63) is 24.3 Å². The van der Waals surface area contributed by atoms with Gasteiger partial charge in [-0.25, -0.2) is 0 Å². The molecule has 19 heavy (non-hydrogen) atoms. The molecular weight excluding hydrogens is 238 g/mol. The first-order valence-corrected chi connectivity index (χ1v) is 7.38. The predicted octanol–water partition coefficient (Wildman–Crippen LogP) is 3.34. The minimum Gasteiger partial charge on any atom is -0.493 e. The Morgan fingerprint density at radius 2 is 1.74 bits per heavy atom. The summed E-state index contributed by atoms with van der Waals surface area (Å²) in [6.45, 7) is 4.64. The number of benzene rings is 1. The second-order valence-electron chi connectivity index (χ2n) is 5.11. The monoisotopic (exact) mass is 263 g/mol. The first-order chi connectivity index (χ1) is 9.40. The Balaban J connectivity index is 1.56. The Kier molecular flexibility index (Phi) is 6.02. The molecule has 106 valence electrons. The molecule has 0 atom stereocenters. The van der Waals surface area contributed by atoms with Crippen LogP contribution in [0.4, 0.5) is 0 Å². The number of hydrogen-bond donors (Lipinski definition) is 0. The van der Waals surface area contributed by atoms with Crippen molar-refractivity contribution in [3.63, 3.8) is 0 Å². The van der Waals surface area contributed by atoms with E-state index in [4.69, 9.17) is 9.47 Å². The van der Waals surface area contributed by atoms with Crippen LogP contribution >= 0.6 is 0 Å². The lowest BCUT2D eigenvalue weighted by Crippen LogP contribution is -2.20. The molecule has 0 aromatic heterocycles. The molecule has 0 N–H and O–H groups in total. The van der Waals surface area contributed by atoms with E-state index >= 15 is 0 Å². The number of hydrogen-bond acceptors (Lipinski definition) is 3. The summed E-state index contributed by atoms with van der Waals surface area (Å²) >= 11 is 0. The third-order valence-electron chi connectivity index (χ3n) is 3.64. The van der Waals surface area contributed by atoms with Crippen molar-refractivity contribution in [1.82, 2.24) is 4.90 Å². The molecule has 3 nitrogen and oxygen atoms in total. The number of methoxy groups -OCH3 is 1. The van der Waals surface area contributed by atoms with E-state index in [1.54, 1.807) is 7.11 Å². The second-order valence-corrected chi connectivity index (χ2v) is 5.11. The quantitative estimate of drug-likeness (QED) is 0.671. The fourth-order valence-corrected chi connectivity index (χ4v) is 2.54. The highest BCUT2D eigenvalue weighted by Crippen LogP contribution is 2.25. The van der Waals surface area contributed by atoms with Crippen LogP contribution in [0.1, 0.15) is 32.1 Å². The lowest BCUT2D eigenvalue weighted by molar-refractivity contribution is 0.277. The van der Waals surface area contributed by atoms with Gasteiger partial charge in [-0.3, -0.25) is 0 Å². The number of unbranched alkanes of at least 4 members (excludes halogenated alkanes) is 2. The van der Waals surface area contributed by atoms with Crippen LogP contribution in [0.3, 0.4) is 0 Å². The van der Waals surface area contributed by atoms with Crippen LogP contribution in [-0.4, -0.2) is 38.3 Å². The van der Waals surface area contributed by atoms with E-state index in [1.165, 1.54) is 45.3 Å². The SMILES string of the molecule is COc1ccccc1OCCCCCN1CCCC1. The zero-order valence-corrected chi connectivity index (χ0v) is 11.9. The zero-order valence-electron chi connectivity index (χ0n) is 11.9. The molecular formula is C16H25NO2. The van der Waals surface area contributed by atoms with Gasteiger partial charge >= 0.3 is 0 Å². The maximum absolute atomic E-state index is 5.76. The van der Waals surface area contributed by atoms with E-state index < -0.39 is 0 Å². The number of nitrogens with zero attached hydrogens (tertiary/aromatic N) is 1. The van der Waals surface area contributed by atoms with Crippen LogP contribution in [0.5, 0.6) is 11.5 Å². The van der Waals surface area contributed by atoms with Crippen LogP contribution in [-0.2, 0) is 0 Å². The Bertz CT molecular complexity index is 362. The number of para-hydroxylation sites is 2. The molecule has 0 radical (unpaired) electrons. The average molecular weight is 263 g/mol. The summed E-state index contributed by atoms with van der Waals surface area (Å²) in [4.78, 5) is 2.57. The Morgan fingerprint density at radius 3 is 2.47 bits per heavy atom. The Labute approximate surface area is 116 Å². The average Bonchev–Trinajstić information content (AvgIpc) is 2.96. The van der Waals surface area contributed by atoms with Crippen molar-refractivity contribution >= 4 is 0 Å². The van der Waals surface area contributed by atoms with E-state index in [0.717, 1.165) is 24.5 Å². The number of likely N-dealkylation sites (tertiary alicyclic amines) is 1. The van der Waals surface area contributed by atoms with E-state index in [1.807, 2.05) is 24.3 Å². The molecule has 0 unspecified atom stereocenters. The summed E-state index contributed by atoms with van der Waals surface area (Å²) in [5.41, 5.74) is 0. The maximum Gasteiger partial charge on any atom is 0.161 e. The first-order valence-electron chi connectivity index (χ1n) is 7.38.